The van der Waals surface area contributed by atoms with Crippen LogP contribution in [0.1, 0.15) is 27.3 Å². The number of nitrogens with one attached hydrogen (secondary N) is 1. The van der Waals surface area contributed by atoms with Gasteiger partial charge in [-0.05, 0) is 65.7 Å². The summed E-state index contributed by atoms with van der Waals surface area (Å²) in [4.78, 5) is 13.4. The predicted octanol–water partition coefficient (Wildman–Crippen LogP) is 4.92. The van der Waals surface area contributed by atoms with Crippen LogP contribution in [0.2, 0.25) is 5.02 Å². The van der Waals surface area contributed by atoms with E-state index in [1.807, 2.05) is 30.3 Å². The molecule has 4 aromatic rings. The lowest BCUT2D eigenvalue weighted by molar-refractivity contribution is 0.0945. The van der Waals surface area contributed by atoms with E-state index in [-0.39, 0.29) is 17.2 Å². The van der Waals surface area contributed by atoms with Crippen LogP contribution < -0.4 is 10.4 Å². The summed E-state index contributed by atoms with van der Waals surface area (Å²) in [5.74, 6) is -1.53. The van der Waals surface area contributed by atoms with E-state index in [4.69, 9.17) is 11.6 Å². The number of rotatable bonds is 5. The Morgan fingerprint density at radius 3 is 2.38 bits per heavy atom. The maximum atomic E-state index is 13.5. The van der Waals surface area contributed by atoms with Gasteiger partial charge in [0.2, 0.25) is 0 Å². The van der Waals surface area contributed by atoms with E-state index in [1.165, 1.54) is 12.1 Å². The van der Waals surface area contributed by atoms with Crippen molar-refractivity contribution in [3.8, 4) is 5.69 Å². The first-order valence-electron chi connectivity index (χ1n) is 11.3. The molecule has 10 heteroatoms. The van der Waals surface area contributed by atoms with Crippen LogP contribution >= 0.6 is 11.6 Å². The lowest BCUT2D eigenvalue weighted by atomic mass is 10.0. The maximum absolute atomic E-state index is 13.5. The van der Waals surface area contributed by atoms with Gasteiger partial charge in [0, 0.05) is 17.6 Å². The normalized spacial score (nSPS) is 15.3. The highest BCUT2D eigenvalue weighted by Crippen LogP contribution is 2.35. The SMILES string of the molecule is CN(NC(=O)c1nn(-c2ccc(Cl)cc2)c2c1CS(=O)(=O)C/C2=C\c1ccc(F)cc1)c1ccccc1. The average molecular weight is 537 g/mol. The van der Waals surface area contributed by atoms with Gasteiger partial charge in [-0.25, -0.2) is 17.5 Å². The molecule has 2 heterocycles. The standard InChI is InChI=1S/C27H22ClFN4O3S/c1-32(22-5-3-2-4-6-22)31-27(34)25-24-17-37(35,36)16-19(15-18-7-11-21(29)12-8-18)26(24)33(30-25)23-13-9-20(28)10-14-23/h2-15H,16-17H2,1H3,(H,31,34)/b19-15+. The smallest absolute Gasteiger partial charge is 0.288 e. The second-order valence-corrected chi connectivity index (χ2v) is 11.2. The molecule has 0 bridgehead atoms. The van der Waals surface area contributed by atoms with Crippen LogP contribution in [0.4, 0.5) is 10.1 Å². The van der Waals surface area contributed by atoms with E-state index in [0.717, 1.165) is 5.69 Å². The van der Waals surface area contributed by atoms with Gasteiger partial charge in [0.15, 0.2) is 15.5 Å². The molecule has 5 rings (SSSR count). The fourth-order valence-corrected chi connectivity index (χ4v) is 5.87. The summed E-state index contributed by atoms with van der Waals surface area (Å²) in [6.07, 6.45) is 1.68. The van der Waals surface area contributed by atoms with Crippen molar-refractivity contribution >= 4 is 44.7 Å². The Morgan fingerprint density at radius 1 is 1.03 bits per heavy atom. The topological polar surface area (TPSA) is 84.3 Å². The average Bonchev–Trinajstić information content (AvgIpc) is 3.25. The first kappa shape index (κ1) is 24.7. The molecular weight excluding hydrogens is 515 g/mol. The first-order chi connectivity index (χ1) is 17.7. The van der Waals surface area contributed by atoms with E-state index >= 15 is 0 Å². The summed E-state index contributed by atoms with van der Waals surface area (Å²) in [7, 11) is -1.91. The van der Waals surface area contributed by atoms with Gasteiger partial charge in [0.25, 0.3) is 5.91 Å². The molecule has 1 aliphatic rings. The second-order valence-electron chi connectivity index (χ2n) is 8.65. The summed E-state index contributed by atoms with van der Waals surface area (Å²) < 4.78 is 41.0. The molecule has 0 aliphatic carbocycles. The molecule has 37 heavy (non-hydrogen) atoms. The van der Waals surface area contributed by atoms with Gasteiger partial charge >= 0.3 is 0 Å². The molecule has 0 unspecified atom stereocenters. The van der Waals surface area contributed by atoms with Crippen LogP contribution in [0.5, 0.6) is 0 Å². The van der Waals surface area contributed by atoms with Crippen molar-refractivity contribution in [3.63, 3.8) is 0 Å². The van der Waals surface area contributed by atoms with Crippen LogP contribution in [-0.4, -0.2) is 36.9 Å². The Hall–Kier alpha value is -3.95. The minimum Gasteiger partial charge on any atom is -0.288 e. The minimum absolute atomic E-state index is 0.000937. The van der Waals surface area contributed by atoms with Crippen LogP contribution in [0.15, 0.2) is 78.9 Å². The van der Waals surface area contributed by atoms with E-state index in [1.54, 1.807) is 59.2 Å². The van der Waals surface area contributed by atoms with Crippen molar-refractivity contribution < 1.29 is 17.6 Å². The molecular formula is C27H22ClFN4O3S. The van der Waals surface area contributed by atoms with Gasteiger partial charge in [-0.3, -0.25) is 15.2 Å². The zero-order valence-electron chi connectivity index (χ0n) is 19.7. The fraction of sp³-hybridized carbons (Fsp3) is 0.111. The summed E-state index contributed by atoms with van der Waals surface area (Å²) >= 11 is 6.08. The Morgan fingerprint density at radius 2 is 1.70 bits per heavy atom. The molecule has 1 amide bonds. The minimum atomic E-state index is -3.60. The second kappa shape index (κ2) is 9.84. The molecule has 0 atom stereocenters. The number of benzene rings is 3. The molecule has 0 saturated carbocycles. The Bertz CT molecular complexity index is 1600. The van der Waals surface area contributed by atoms with Crippen molar-refractivity contribution in [3.05, 3.63) is 112 Å². The molecule has 0 fully saturated rings. The number of hydrogen-bond acceptors (Lipinski definition) is 5. The largest absolute Gasteiger partial charge is 0.290 e. The first-order valence-corrected chi connectivity index (χ1v) is 13.5. The quantitative estimate of drug-likeness (QED) is 0.366. The zero-order valence-corrected chi connectivity index (χ0v) is 21.3. The number of hydrogen-bond donors (Lipinski definition) is 1. The number of hydrazine groups is 1. The van der Waals surface area contributed by atoms with Gasteiger partial charge < -0.3 is 0 Å². The third-order valence-corrected chi connectivity index (χ3v) is 7.67. The predicted molar refractivity (Wildman–Crippen MR) is 143 cm³/mol. The lowest BCUT2D eigenvalue weighted by Gasteiger charge is -2.21. The number of aromatic nitrogens is 2. The van der Waals surface area contributed by atoms with Crippen molar-refractivity contribution in [2.75, 3.05) is 17.8 Å². The molecule has 1 aliphatic heterocycles. The van der Waals surface area contributed by atoms with E-state index < -0.39 is 21.6 Å². The number of fused-ring (bicyclic) bond motifs is 1. The molecule has 0 spiro atoms. The number of carbonyl (C=O) groups is 1. The third kappa shape index (κ3) is 5.28. The van der Waals surface area contributed by atoms with Gasteiger partial charge in [-0.1, -0.05) is 41.9 Å². The van der Waals surface area contributed by atoms with Gasteiger partial charge in [0.05, 0.1) is 28.6 Å². The molecule has 0 radical (unpaired) electrons. The van der Waals surface area contributed by atoms with Crippen LogP contribution in [0.25, 0.3) is 17.3 Å². The van der Waals surface area contributed by atoms with Crippen molar-refractivity contribution in [2.24, 2.45) is 0 Å². The number of para-hydroxylation sites is 1. The number of nitrogens with zero attached hydrogens (tertiary/aromatic N) is 3. The Balaban J connectivity index is 1.65. The van der Waals surface area contributed by atoms with Crippen LogP contribution in [-0.2, 0) is 15.6 Å². The third-order valence-electron chi connectivity index (χ3n) is 5.94. The monoisotopic (exact) mass is 536 g/mol. The van der Waals surface area contributed by atoms with Gasteiger partial charge in [-0.2, -0.15) is 5.10 Å². The highest BCUT2D eigenvalue weighted by Gasteiger charge is 2.35. The Labute approximate surface area is 218 Å². The Kier molecular flexibility index (Phi) is 6.57. The summed E-state index contributed by atoms with van der Waals surface area (Å²) in [5.41, 5.74) is 6.01. The van der Waals surface area contributed by atoms with Crippen LogP contribution in [0, 0.1) is 5.82 Å². The maximum Gasteiger partial charge on any atom is 0.290 e. The van der Waals surface area contributed by atoms with Crippen molar-refractivity contribution in [1.29, 1.82) is 0 Å². The molecule has 1 N–H and O–H groups in total. The number of anilines is 1. The zero-order chi connectivity index (χ0) is 26.2. The highest BCUT2D eigenvalue weighted by molar-refractivity contribution is 7.91. The highest BCUT2D eigenvalue weighted by atomic mass is 35.5. The van der Waals surface area contributed by atoms with E-state index in [0.29, 0.717) is 33.1 Å². The fourth-order valence-electron chi connectivity index (χ4n) is 4.24. The molecule has 7 nitrogen and oxygen atoms in total. The van der Waals surface area contributed by atoms with Crippen LogP contribution in [0.3, 0.4) is 0 Å². The van der Waals surface area contributed by atoms with Gasteiger partial charge in [0.1, 0.15) is 5.82 Å². The van der Waals surface area contributed by atoms with Gasteiger partial charge in [-0.15, -0.1) is 0 Å². The molecule has 0 saturated heterocycles. The van der Waals surface area contributed by atoms with Crippen molar-refractivity contribution in [2.45, 2.75) is 5.75 Å². The number of halogens is 2. The lowest BCUT2D eigenvalue weighted by Crippen LogP contribution is -2.40. The number of sulfone groups is 1. The number of carbonyl (C=O) groups excluding carboxylic acids is 1. The van der Waals surface area contributed by atoms with E-state index in [2.05, 4.69) is 10.5 Å². The van der Waals surface area contributed by atoms with E-state index in [9.17, 15) is 17.6 Å². The molecule has 3 aromatic carbocycles. The van der Waals surface area contributed by atoms with Crippen molar-refractivity contribution in [1.82, 2.24) is 15.2 Å². The molecule has 188 valence electrons. The number of amides is 1. The summed E-state index contributed by atoms with van der Waals surface area (Å²) in [6, 6.07) is 21.8. The summed E-state index contributed by atoms with van der Waals surface area (Å²) in [5, 5.41) is 6.65. The molecule has 1 aromatic heterocycles. The summed E-state index contributed by atoms with van der Waals surface area (Å²) in [6.45, 7) is 0.